The van der Waals surface area contributed by atoms with Gasteiger partial charge in [0.25, 0.3) is 0 Å². The molecule has 0 bridgehead atoms. The summed E-state index contributed by atoms with van der Waals surface area (Å²) in [6.45, 7) is 17.4. The number of hydrogen-bond acceptors (Lipinski definition) is 5. The topological polar surface area (TPSA) is 89.1 Å². The van der Waals surface area contributed by atoms with Crippen molar-refractivity contribution in [3.8, 4) is 0 Å². The molecule has 8 nitrogen and oxygen atoms in total. The lowest BCUT2D eigenvalue weighted by atomic mass is 9.44. The van der Waals surface area contributed by atoms with Crippen molar-refractivity contribution < 1.29 is 23.8 Å². The zero-order chi connectivity index (χ0) is 34.8. The number of fused-ring (bicyclic) bond motifs is 7. The number of rotatable bonds is 5. The minimum Gasteiger partial charge on any atom is -0.444 e. The summed E-state index contributed by atoms with van der Waals surface area (Å²) >= 11 is 0. The number of ether oxygens (including phenoxy) is 3. The van der Waals surface area contributed by atoms with Gasteiger partial charge in [0.1, 0.15) is 5.60 Å². The summed E-state index contributed by atoms with van der Waals surface area (Å²) in [5.74, 6) is 4.43. The molecule has 7 aliphatic rings. The third-order valence-electron chi connectivity index (χ3n) is 15.6. The van der Waals surface area contributed by atoms with Crippen LogP contribution < -0.4 is 10.6 Å². The zero-order valence-electron chi connectivity index (χ0n) is 32.0. The summed E-state index contributed by atoms with van der Waals surface area (Å²) in [7, 11) is 0. The van der Waals surface area contributed by atoms with Crippen LogP contribution in [0.1, 0.15) is 145 Å². The van der Waals surface area contributed by atoms with Gasteiger partial charge in [0.15, 0.2) is 5.79 Å². The van der Waals surface area contributed by atoms with E-state index >= 15 is 0 Å². The normalized spacial score (nSPS) is 45.1. The van der Waals surface area contributed by atoms with E-state index in [9.17, 15) is 9.59 Å². The molecule has 2 N–H and O–H groups in total. The number of nitrogens with zero attached hydrogens (tertiary/aromatic N) is 1. The van der Waals surface area contributed by atoms with E-state index in [0.29, 0.717) is 53.7 Å². The fraction of sp³-hybridized carbons (Fsp3) is 0.951. The van der Waals surface area contributed by atoms with Crippen LogP contribution in [0.2, 0.25) is 0 Å². The van der Waals surface area contributed by atoms with Crippen LogP contribution in [0.4, 0.5) is 9.59 Å². The highest BCUT2D eigenvalue weighted by Crippen LogP contribution is 2.71. The number of urea groups is 1. The van der Waals surface area contributed by atoms with E-state index in [1.54, 1.807) is 0 Å². The summed E-state index contributed by atoms with van der Waals surface area (Å²) < 4.78 is 19.0. The van der Waals surface area contributed by atoms with E-state index in [-0.39, 0.29) is 23.9 Å². The average molecular weight is 684 g/mol. The average Bonchev–Trinajstić information content (AvgIpc) is 3.49. The Morgan fingerprint density at radius 3 is 2.35 bits per heavy atom. The van der Waals surface area contributed by atoms with Gasteiger partial charge in [0.05, 0.1) is 12.7 Å². The third kappa shape index (κ3) is 6.66. The Morgan fingerprint density at radius 2 is 1.63 bits per heavy atom. The molecule has 3 amide bonds. The van der Waals surface area contributed by atoms with Crippen LogP contribution in [-0.4, -0.2) is 66.3 Å². The molecule has 0 aromatic heterocycles. The predicted octanol–water partition coefficient (Wildman–Crippen LogP) is 8.67. The number of alkyl carbamates (subject to hydrolysis) is 1. The van der Waals surface area contributed by atoms with E-state index < -0.39 is 11.7 Å². The maximum absolute atomic E-state index is 13.9. The van der Waals surface area contributed by atoms with E-state index in [2.05, 4.69) is 38.3 Å². The van der Waals surface area contributed by atoms with Crippen LogP contribution in [0.15, 0.2) is 0 Å². The maximum Gasteiger partial charge on any atom is 0.407 e. The van der Waals surface area contributed by atoms with Crippen molar-refractivity contribution in [3.63, 3.8) is 0 Å². The Hall–Kier alpha value is -1.54. The molecule has 7 fully saturated rings. The van der Waals surface area contributed by atoms with Crippen LogP contribution in [0.25, 0.3) is 0 Å². The van der Waals surface area contributed by atoms with E-state index in [4.69, 9.17) is 14.2 Å². The van der Waals surface area contributed by atoms with Crippen LogP contribution in [-0.2, 0) is 14.2 Å². The van der Waals surface area contributed by atoms with Crippen molar-refractivity contribution in [2.24, 2.45) is 52.3 Å². The Kier molecular flexibility index (Phi) is 9.85. The number of hydrogen-bond donors (Lipinski definition) is 2. The summed E-state index contributed by atoms with van der Waals surface area (Å²) in [6, 6.07) is 0.542. The molecule has 7 rings (SSSR count). The van der Waals surface area contributed by atoms with Crippen molar-refractivity contribution in [2.75, 3.05) is 19.7 Å². The first-order valence-electron chi connectivity index (χ1n) is 20.6. The van der Waals surface area contributed by atoms with Gasteiger partial charge in [-0.2, -0.15) is 0 Å². The highest BCUT2D eigenvalue weighted by Gasteiger charge is 2.69. The molecule has 12 atom stereocenters. The highest BCUT2D eigenvalue weighted by atomic mass is 16.7. The lowest BCUT2D eigenvalue weighted by molar-refractivity contribution is -0.273. The lowest BCUT2D eigenvalue weighted by Crippen LogP contribution is -2.57. The fourth-order valence-corrected chi connectivity index (χ4v) is 13.1. The summed E-state index contributed by atoms with van der Waals surface area (Å²) in [4.78, 5) is 28.3. The van der Waals surface area contributed by atoms with E-state index in [1.807, 2.05) is 25.7 Å². The maximum atomic E-state index is 13.9. The fourth-order valence-electron chi connectivity index (χ4n) is 13.1. The quantitative estimate of drug-likeness (QED) is 0.303. The Labute approximate surface area is 297 Å². The molecule has 278 valence electrons. The van der Waals surface area contributed by atoms with Crippen molar-refractivity contribution in [2.45, 2.75) is 174 Å². The smallest absolute Gasteiger partial charge is 0.407 e. The van der Waals surface area contributed by atoms with E-state index in [0.717, 1.165) is 56.5 Å². The number of carbonyl (C=O) groups excluding carboxylic acids is 2. The van der Waals surface area contributed by atoms with Gasteiger partial charge in [-0.25, -0.2) is 9.59 Å². The minimum atomic E-state index is -0.536. The molecule has 0 aromatic rings. The molecule has 0 aromatic carbocycles. The zero-order valence-corrected chi connectivity index (χ0v) is 32.0. The molecular weight excluding hydrogens is 614 g/mol. The summed E-state index contributed by atoms with van der Waals surface area (Å²) in [5, 5.41) is 6.42. The first kappa shape index (κ1) is 35.8. The molecule has 8 heteroatoms. The van der Waals surface area contributed by atoms with Gasteiger partial charge in [-0.1, -0.05) is 47.0 Å². The summed E-state index contributed by atoms with van der Waals surface area (Å²) in [6.07, 6.45) is 17.8. The second kappa shape index (κ2) is 13.5. The minimum absolute atomic E-state index is 0.0643. The first-order valence-corrected chi connectivity index (χ1v) is 20.6. The van der Waals surface area contributed by atoms with Gasteiger partial charge in [0.2, 0.25) is 0 Å². The van der Waals surface area contributed by atoms with Crippen molar-refractivity contribution >= 4 is 12.1 Å². The molecule has 5 saturated carbocycles. The van der Waals surface area contributed by atoms with Crippen LogP contribution in [0.5, 0.6) is 0 Å². The predicted molar refractivity (Wildman–Crippen MR) is 192 cm³/mol. The van der Waals surface area contributed by atoms with Crippen LogP contribution in [0, 0.1) is 52.3 Å². The monoisotopic (exact) mass is 684 g/mol. The molecule has 1 spiro atoms. The van der Waals surface area contributed by atoms with Crippen molar-refractivity contribution in [1.29, 1.82) is 0 Å². The number of nitrogens with one attached hydrogen (secondary N) is 2. The SMILES string of the molecule is C[C@H]1CC[C@@]2(OC1)O[C@H]1C[C@H]3[C@@H]4CC[C@@H]5C[C@H](NC(=O)N(CCNC(=O)OC(C)(C)C)C6CCCCC6)CC[C@]5(C)[C@H]4CC[C@]3(C)[C@H]1[C@@H]2C. The van der Waals surface area contributed by atoms with Gasteiger partial charge in [-0.15, -0.1) is 0 Å². The van der Waals surface area contributed by atoms with Gasteiger partial charge >= 0.3 is 12.1 Å². The number of carbonyl (C=O) groups is 2. The third-order valence-corrected chi connectivity index (χ3v) is 15.6. The first-order chi connectivity index (χ1) is 23.2. The Morgan fingerprint density at radius 1 is 0.878 bits per heavy atom. The molecule has 5 aliphatic carbocycles. The van der Waals surface area contributed by atoms with Crippen molar-refractivity contribution in [1.82, 2.24) is 15.5 Å². The largest absolute Gasteiger partial charge is 0.444 e. The van der Waals surface area contributed by atoms with E-state index in [1.165, 1.54) is 64.2 Å². The van der Waals surface area contributed by atoms with Gasteiger partial charge in [-0.3, -0.25) is 0 Å². The number of amides is 3. The Balaban J connectivity index is 0.968. The molecule has 2 saturated heterocycles. The second-order valence-corrected chi connectivity index (χ2v) is 19.5. The molecule has 49 heavy (non-hydrogen) atoms. The second-order valence-electron chi connectivity index (χ2n) is 19.5. The lowest BCUT2D eigenvalue weighted by Gasteiger charge is -2.61. The highest BCUT2D eigenvalue weighted by molar-refractivity contribution is 5.75. The van der Waals surface area contributed by atoms with Gasteiger partial charge in [0, 0.05) is 37.5 Å². The summed E-state index contributed by atoms with van der Waals surface area (Å²) in [5.41, 5.74) is 0.183. The van der Waals surface area contributed by atoms with Gasteiger partial charge < -0.3 is 29.7 Å². The van der Waals surface area contributed by atoms with Crippen LogP contribution >= 0.6 is 0 Å². The van der Waals surface area contributed by atoms with Crippen LogP contribution in [0.3, 0.4) is 0 Å². The van der Waals surface area contributed by atoms with Crippen molar-refractivity contribution in [3.05, 3.63) is 0 Å². The standard InChI is InChI=1S/C41H69N3O5/c1-26-15-20-41(47-25-26)27(2)35-34(48-41)24-33-31-14-13-28-23-29(16-18-39(28,6)32(31)17-19-40(33,35)7)43-36(45)44(30-11-9-8-10-12-30)22-21-42-37(46)49-38(3,4)5/h26-35H,8-25H2,1-7H3,(H,42,46)(H,43,45)/t26-,27-,28+,29+,31+,32-,33-,34-,35-,39-,40-,41+/m0/s1. The molecule has 2 heterocycles. The van der Waals surface area contributed by atoms with Gasteiger partial charge in [-0.05, 0) is 138 Å². The molecular formula is C41H69N3O5. The Bertz CT molecular complexity index is 1210. The molecule has 0 radical (unpaired) electrons. The molecule has 0 unspecified atom stereocenters. The molecule has 2 aliphatic heterocycles.